The summed E-state index contributed by atoms with van der Waals surface area (Å²) in [6.45, 7) is 6.95. The molecule has 0 aromatic rings. The van der Waals surface area contributed by atoms with Crippen LogP contribution in [0.4, 0.5) is 0 Å². The molecule has 0 aliphatic rings. The van der Waals surface area contributed by atoms with Crippen LogP contribution in [0, 0.1) is 0 Å². The minimum Gasteiger partial charge on any atom is -0.303 e. The van der Waals surface area contributed by atoms with Gasteiger partial charge in [0.25, 0.3) is 0 Å². The van der Waals surface area contributed by atoms with Crippen molar-refractivity contribution >= 4 is 12.1 Å². The summed E-state index contributed by atoms with van der Waals surface area (Å²) >= 11 is 0. The molecule has 0 aliphatic carbocycles. The van der Waals surface area contributed by atoms with E-state index in [1.807, 2.05) is 0 Å². The first kappa shape index (κ1) is 10.6. The van der Waals surface area contributed by atoms with Crippen LogP contribution in [0.1, 0.15) is 12.8 Å². The molecule has 0 saturated carbocycles. The molecule has 0 aromatic carbocycles. The van der Waals surface area contributed by atoms with E-state index in [1.54, 1.807) is 6.08 Å². The smallest absolute Gasteiger partial charge is 0.163 e. The first-order valence-corrected chi connectivity index (χ1v) is 3.68. The van der Waals surface area contributed by atoms with Crippen LogP contribution >= 0.6 is 0 Å². The summed E-state index contributed by atoms with van der Waals surface area (Å²) in [6.07, 6.45) is 5.81. The molecular weight excluding hydrogens is 152 g/mol. The fourth-order valence-corrected chi connectivity index (χ4v) is 0.736. The predicted molar refractivity (Wildman–Crippen MR) is 48.8 cm³/mol. The molecule has 0 saturated heterocycles. The number of hydrogen-bond acceptors (Lipinski definition) is 2. The minimum absolute atomic E-state index is 0.0722. The first-order chi connectivity index (χ1) is 5.76. The van der Waals surface area contributed by atoms with E-state index in [2.05, 4.69) is 13.2 Å². The number of allylic oxidation sites excluding steroid dienone is 4. The van der Waals surface area contributed by atoms with E-state index in [9.17, 15) is 9.59 Å². The standard InChI is InChI=1S/C10H12O2/c1-3-6-9(4-2)10(12)7-5-8-11/h3-4,6,8H,1-2,5,7H2/b9-6+. The third-order valence-electron chi connectivity index (χ3n) is 1.33. The van der Waals surface area contributed by atoms with Crippen molar-refractivity contribution in [3.05, 3.63) is 37.0 Å². The van der Waals surface area contributed by atoms with Gasteiger partial charge in [0.05, 0.1) is 0 Å². The average Bonchev–Trinajstić information content (AvgIpc) is 2.10. The van der Waals surface area contributed by atoms with Gasteiger partial charge < -0.3 is 4.79 Å². The van der Waals surface area contributed by atoms with Gasteiger partial charge in [0.2, 0.25) is 0 Å². The maximum Gasteiger partial charge on any atom is 0.163 e. The molecule has 12 heavy (non-hydrogen) atoms. The molecule has 0 aliphatic heterocycles. The van der Waals surface area contributed by atoms with Gasteiger partial charge in [-0.15, -0.1) is 0 Å². The van der Waals surface area contributed by atoms with Crippen LogP contribution in [0.5, 0.6) is 0 Å². The maximum atomic E-state index is 11.2. The van der Waals surface area contributed by atoms with Crippen LogP contribution < -0.4 is 0 Å². The van der Waals surface area contributed by atoms with E-state index >= 15 is 0 Å². The topological polar surface area (TPSA) is 34.1 Å². The van der Waals surface area contributed by atoms with Crippen molar-refractivity contribution in [1.82, 2.24) is 0 Å². The number of carbonyl (C=O) groups excluding carboxylic acids is 2. The van der Waals surface area contributed by atoms with Crippen molar-refractivity contribution in [1.29, 1.82) is 0 Å². The Labute approximate surface area is 72.3 Å². The molecule has 0 N–H and O–H groups in total. The lowest BCUT2D eigenvalue weighted by Crippen LogP contribution is -1.99. The van der Waals surface area contributed by atoms with Gasteiger partial charge in [-0.05, 0) is 0 Å². The summed E-state index contributed by atoms with van der Waals surface area (Å²) in [6, 6.07) is 0. The van der Waals surface area contributed by atoms with E-state index in [0.717, 1.165) is 6.29 Å². The van der Waals surface area contributed by atoms with E-state index < -0.39 is 0 Å². The van der Waals surface area contributed by atoms with Gasteiger partial charge in [-0.2, -0.15) is 0 Å². The highest BCUT2D eigenvalue weighted by atomic mass is 16.1. The van der Waals surface area contributed by atoms with Gasteiger partial charge in [0, 0.05) is 18.4 Å². The maximum absolute atomic E-state index is 11.2. The Bertz CT molecular complexity index is 224. The number of ketones is 1. The lowest BCUT2D eigenvalue weighted by molar-refractivity contribution is -0.117. The van der Waals surface area contributed by atoms with Crippen molar-refractivity contribution in [2.75, 3.05) is 0 Å². The highest BCUT2D eigenvalue weighted by Gasteiger charge is 2.03. The Hall–Kier alpha value is -1.44. The fourth-order valence-electron chi connectivity index (χ4n) is 0.736. The van der Waals surface area contributed by atoms with Gasteiger partial charge in [-0.1, -0.05) is 31.4 Å². The molecular formula is C10H12O2. The molecule has 64 valence electrons. The van der Waals surface area contributed by atoms with Crippen molar-refractivity contribution in [2.45, 2.75) is 12.8 Å². The highest BCUT2D eigenvalue weighted by molar-refractivity contribution is 5.98. The molecule has 0 spiro atoms. The summed E-state index contributed by atoms with van der Waals surface area (Å²) in [5, 5.41) is 0. The van der Waals surface area contributed by atoms with E-state index in [4.69, 9.17) is 0 Å². The van der Waals surface area contributed by atoms with Crippen LogP contribution in [0.15, 0.2) is 37.0 Å². The Morgan fingerprint density at radius 2 is 2.00 bits per heavy atom. The highest BCUT2D eigenvalue weighted by Crippen LogP contribution is 2.02. The van der Waals surface area contributed by atoms with E-state index in [0.29, 0.717) is 5.57 Å². The van der Waals surface area contributed by atoms with Crippen molar-refractivity contribution in [3.8, 4) is 0 Å². The normalized spacial score (nSPS) is 10.5. The lowest BCUT2D eigenvalue weighted by Gasteiger charge is -1.96. The average molecular weight is 164 g/mol. The molecule has 0 unspecified atom stereocenters. The molecule has 0 heterocycles. The number of aldehydes is 1. The summed E-state index contributed by atoms with van der Waals surface area (Å²) in [7, 11) is 0. The Balaban J connectivity index is 4.21. The third-order valence-corrected chi connectivity index (χ3v) is 1.33. The van der Waals surface area contributed by atoms with Crippen molar-refractivity contribution in [3.63, 3.8) is 0 Å². The van der Waals surface area contributed by atoms with Crippen LogP contribution in [-0.2, 0) is 9.59 Å². The van der Waals surface area contributed by atoms with E-state index in [-0.39, 0.29) is 18.6 Å². The fraction of sp³-hybridized carbons (Fsp3) is 0.200. The van der Waals surface area contributed by atoms with Gasteiger partial charge >= 0.3 is 0 Å². The second-order valence-corrected chi connectivity index (χ2v) is 2.19. The monoisotopic (exact) mass is 164 g/mol. The second-order valence-electron chi connectivity index (χ2n) is 2.19. The quantitative estimate of drug-likeness (QED) is 0.341. The van der Waals surface area contributed by atoms with Gasteiger partial charge in [0.1, 0.15) is 6.29 Å². The zero-order valence-electron chi connectivity index (χ0n) is 6.95. The van der Waals surface area contributed by atoms with Crippen molar-refractivity contribution < 1.29 is 9.59 Å². The van der Waals surface area contributed by atoms with Crippen LogP contribution in [0.3, 0.4) is 0 Å². The number of carbonyl (C=O) groups is 2. The predicted octanol–water partition coefficient (Wildman–Crippen LogP) is 1.83. The van der Waals surface area contributed by atoms with Crippen LogP contribution in [0.25, 0.3) is 0 Å². The van der Waals surface area contributed by atoms with E-state index in [1.165, 1.54) is 12.2 Å². The molecule has 0 atom stereocenters. The molecule has 2 heteroatoms. The molecule has 0 bridgehead atoms. The van der Waals surface area contributed by atoms with Crippen LogP contribution in [0.2, 0.25) is 0 Å². The number of Topliss-reactive ketones (excluding diaryl/α,β-unsaturated/α-hetero) is 1. The molecule has 0 aromatic heterocycles. The minimum atomic E-state index is -0.0722. The zero-order valence-corrected chi connectivity index (χ0v) is 6.95. The Morgan fingerprint density at radius 1 is 1.33 bits per heavy atom. The summed E-state index contributed by atoms with van der Waals surface area (Å²) < 4.78 is 0. The SMILES string of the molecule is C=C/C=C(\C=C)C(=O)CCC=O. The molecule has 0 amide bonds. The second kappa shape index (κ2) is 6.28. The lowest BCUT2D eigenvalue weighted by atomic mass is 10.1. The molecule has 0 rings (SSSR count). The summed E-state index contributed by atoms with van der Waals surface area (Å²) in [4.78, 5) is 21.1. The van der Waals surface area contributed by atoms with Gasteiger partial charge in [0.15, 0.2) is 5.78 Å². The molecule has 0 fully saturated rings. The number of rotatable bonds is 6. The van der Waals surface area contributed by atoms with Gasteiger partial charge in [-0.3, -0.25) is 4.79 Å². The largest absolute Gasteiger partial charge is 0.303 e. The summed E-state index contributed by atoms with van der Waals surface area (Å²) in [5.41, 5.74) is 0.506. The summed E-state index contributed by atoms with van der Waals surface area (Å²) in [5.74, 6) is -0.0722. The van der Waals surface area contributed by atoms with Crippen molar-refractivity contribution in [2.24, 2.45) is 0 Å². The van der Waals surface area contributed by atoms with Crippen LogP contribution in [-0.4, -0.2) is 12.1 Å². The Morgan fingerprint density at radius 3 is 2.42 bits per heavy atom. The third kappa shape index (κ3) is 3.66. The Kier molecular flexibility index (Phi) is 5.53. The number of hydrogen-bond donors (Lipinski definition) is 0. The first-order valence-electron chi connectivity index (χ1n) is 3.68. The molecule has 2 nitrogen and oxygen atoms in total. The van der Waals surface area contributed by atoms with Gasteiger partial charge in [-0.25, -0.2) is 0 Å². The zero-order chi connectivity index (χ0) is 9.40. The molecule has 0 radical (unpaired) electrons.